The summed E-state index contributed by atoms with van der Waals surface area (Å²) >= 11 is 0. The number of carbonyl (C=O) groups excluding carboxylic acids is 1. The molecule has 0 bridgehead atoms. The molecule has 0 spiro atoms. The van der Waals surface area contributed by atoms with E-state index in [2.05, 4.69) is 4.90 Å². The molecule has 0 radical (unpaired) electrons. The summed E-state index contributed by atoms with van der Waals surface area (Å²) in [5.41, 5.74) is 5.40. The van der Waals surface area contributed by atoms with Crippen molar-refractivity contribution in [3.63, 3.8) is 0 Å². The summed E-state index contributed by atoms with van der Waals surface area (Å²) in [4.78, 5) is 13.7. The van der Waals surface area contributed by atoms with Gasteiger partial charge in [0, 0.05) is 25.6 Å². The Morgan fingerprint density at radius 2 is 2.00 bits per heavy atom. The summed E-state index contributed by atoms with van der Waals surface area (Å²) < 4.78 is 0. The highest BCUT2D eigenvalue weighted by molar-refractivity contribution is 5.85. The van der Waals surface area contributed by atoms with E-state index in [1.807, 2.05) is 0 Å². The Kier molecular flexibility index (Phi) is 4.87. The summed E-state index contributed by atoms with van der Waals surface area (Å²) in [5.74, 6) is 1.08. The van der Waals surface area contributed by atoms with Gasteiger partial charge in [-0.15, -0.1) is 12.4 Å². The molecule has 3 nitrogen and oxygen atoms in total. The van der Waals surface area contributed by atoms with Crippen LogP contribution in [-0.4, -0.2) is 29.9 Å². The first-order valence-electron chi connectivity index (χ1n) is 5.82. The second-order valence-electron chi connectivity index (χ2n) is 4.55. The zero-order chi connectivity index (χ0) is 9.97. The van der Waals surface area contributed by atoms with Crippen LogP contribution in [0.4, 0.5) is 0 Å². The van der Waals surface area contributed by atoms with Gasteiger partial charge in [0.1, 0.15) is 0 Å². The molecule has 2 atom stereocenters. The zero-order valence-corrected chi connectivity index (χ0v) is 9.97. The lowest BCUT2D eigenvalue weighted by molar-refractivity contribution is -0.143. The van der Waals surface area contributed by atoms with Gasteiger partial charge in [0.25, 0.3) is 0 Å². The fourth-order valence-electron chi connectivity index (χ4n) is 2.79. The normalized spacial score (nSPS) is 29.5. The van der Waals surface area contributed by atoms with E-state index in [0.29, 0.717) is 19.0 Å². The number of carbonyl (C=O) groups is 1. The van der Waals surface area contributed by atoms with Crippen molar-refractivity contribution in [2.45, 2.75) is 44.6 Å². The molecule has 2 aliphatic rings. The molecule has 0 aromatic rings. The third-order valence-corrected chi connectivity index (χ3v) is 3.63. The van der Waals surface area contributed by atoms with Crippen molar-refractivity contribution < 1.29 is 4.79 Å². The number of fused-ring (bicyclic) bond motifs is 1. The molecular weight excluding hydrogens is 212 g/mol. The average molecular weight is 233 g/mol. The Morgan fingerprint density at radius 1 is 1.27 bits per heavy atom. The second-order valence-corrected chi connectivity index (χ2v) is 4.55. The van der Waals surface area contributed by atoms with E-state index in [0.717, 1.165) is 12.5 Å². The van der Waals surface area contributed by atoms with Crippen molar-refractivity contribution in [3.05, 3.63) is 0 Å². The van der Waals surface area contributed by atoms with Crippen molar-refractivity contribution >= 4 is 18.3 Å². The Labute approximate surface area is 97.8 Å². The number of amides is 1. The van der Waals surface area contributed by atoms with Crippen LogP contribution in [0.1, 0.15) is 38.5 Å². The zero-order valence-electron chi connectivity index (χ0n) is 9.15. The van der Waals surface area contributed by atoms with Crippen LogP contribution in [0.3, 0.4) is 0 Å². The third-order valence-electron chi connectivity index (χ3n) is 3.63. The molecule has 1 aliphatic carbocycles. The van der Waals surface area contributed by atoms with Gasteiger partial charge >= 0.3 is 0 Å². The summed E-state index contributed by atoms with van der Waals surface area (Å²) in [6, 6.07) is 0.566. The standard InChI is InChI=1S/C11H20N2O.ClH/c12-7-6-11(14)13-8-9-4-2-1-3-5-10(9)13;/h9-10H,1-8,12H2;1H. The number of rotatable bonds is 2. The van der Waals surface area contributed by atoms with Crippen molar-refractivity contribution in [1.29, 1.82) is 0 Å². The van der Waals surface area contributed by atoms with E-state index in [-0.39, 0.29) is 18.3 Å². The Hall–Kier alpha value is -0.280. The molecule has 1 saturated heterocycles. The van der Waals surface area contributed by atoms with E-state index in [4.69, 9.17) is 5.73 Å². The molecule has 15 heavy (non-hydrogen) atoms. The minimum absolute atomic E-state index is 0. The topological polar surface area (TPSA) is 46.3 Å². The van der Waals surface area contributed by atoms with Crippen LogP contribution in [0, 0.1) is 5.92 Å². The lowest BCUT2D eigenvalue weighted by Crippen LogP contribution is -2.58. The van der Waals surface area contributed by atoms with Crippen molar-refractivity contribution in [2.75, 3.05) is 13.1 Å². The molecule has 2 rings (SSSR count). The van der Waals surface area contributed by atoms with Gasteiger partial charge in [-0.1, -0.05) is 19.3 Å². The van der Waals surface area contributed by atoms with E-state index in [1.165, 1.54) is 32.1 Å². The molecule has 4 heteroatoms. The lowest BCUT2D eigenvalue weighted by atomic mass is 9.84. The maximum atomic E-state index is 11.6. The van der Waals surface area contributed by atoms with Gasteiger partial charge in [-0.2, -0.15) is 0 Å². The van der Waals surface area contributed by atoms with Crippen LogP contribution >= 0.6 is 12.4 Å². The molecule has 0 aromatic heterocycles. The second kappa shape index (κ2) is 5.71. The number of likely N-dealkylation sites (tertiary alicyclic amines) is 1. The van der Waals surface area contributed by atoms with E-state index < -0.39 is 0 Å². The molecular formula is C11H21ClN2O. The predicted molar refractivity (Wildman–Crippen MR) is 63.0 cm³/mol. The number of hydrogen-bond donors (Lipinski definition) is 1. The van der Waals surface area contributed by atoms with E-state index >= 15 is 0 Å². The van der Waals surface area contributed by atoms with Gasteiger partial charge in [-0.3, -0.25) is 4.79 Å². The highest BCUT2D eigenvalue weighted by Crippen LogP contribution is 2.36. The van der Waals surface area contributed by atoms with Crippen molar-refractivity contribution in [3.8, 4) is 0 Å². The minimum Gasteiger partial charge on any atom is -0.339 e. The Bertz CT molecular complexity index is 223. The molecule has 2 fully saturated rings. The van der Waals surface area contributed by atoms with Gasteiger partial charge < -0.3 is 10.6 Å². The Balaban J connectivity index is 0.00000112. The van der Waals surface area contributed by atoms with Gasteiger partial charge in [0.05, 0.1) is 0 Å². The number of nitrogens with zero attached hydrogens (tertiary/aromatic N) is 1. The highest BCUT2D eigenvalue weighted by Gasteiger charge is 2.40. The summed E-state index contributed by atoms with van der Waals surface area (Å²) in [6.45, 7) is 1.50. The van der Waals surface area contributed by atoms with Crippen LogP contribution in [0.25, 0.3) is 0 Å². The molecule has 88 valence electrons. The first kappa shape index (κ1) is 12.8. The van der Waals surface area contributed by atoms with Gasteiger partial charge in [0.2, 0.25) is 5.91 Å². The minimum atomic E-state index is 0. The molecule has 1 saturated carbocycles. The van der Waals surface area contributed by atoms with Gasteiger partial charge in [-0.05, 0) is 18.8 Å². The molecule has 2 unspecified atom stereocenters. The van der Waals surface area contributed by atoms with E-state index in [1.54, 1.807) is 0 Å². The summed E-state index contributed by atoms with van der Waals surface area (Å²) in [7, 11) is 0. The monoisotopic (exact) mass is 232 g/mol. The maximum Gasteiger partial charge on any atom is 0.224 e. The van der Waals surface area contributed by atoms with E-state index in [9.17, 15) is 4.79 Å². The fourth-order valence-corrected chi connectivity index (χ4v) is 2.79. The van der Waals surface area contributed by atoms with Crippen LogP contribution in [0.2, 0.25) is 0 Å². The first-order chi connectivity index (χ1) is 6.83. The molecule has 0 aromatic carbocycles. The smallest absolute Gasteiger partial charge is 0.224 e. The molecule has 1 aliphatic heterocycles. The van der Waals surface area contributed by atoms with Gasteiger partial charge in [-0.25, -0.2) is 0 Å². The van der Waals surface area contributed by atoms with Crippen LogP contribution in [0.15, 0.2) is 0 Å². The van der Waals surface area contributed by atoms with Crippen LogP contribution < -0.4 is 5.73 Å². The van der Waals surface area contributed by atoms with Crippen LogP contribution in [-0.2, 0) is 4.79 Å². The fraction of sp³-hybridized carbons (Fsp3) is 0.909. The summed E-state index contributed by atoms with van der Waals surface area (Å²) in [5, 5.41) is 0. The largest absolute Gasteiger partial charge is 0.339 e. The maximum absolute atomic E-state index is 11.6. The summed E-state index contributed by atoms with van der Waals surface area (Å²) in [6.07, 6.45) is 7.10. The third kappa shape index (κ3) is 2.64. The average Bonchev–Trinajstić information content (AvgIpc) is 2.29. The number of nitrogens with two attached hydrogens (primary N) is 1. The predicted octanol–water partition coefficient (Wildman–Crippen LogP) is 1.55. The highest BCUT2D eigenvalue weighted by atomic mass is 35.5. The lowest BCUT2D eigenvalue weighted by Gasteiger charge is -2.48. The molecule has 1 amide bonds. The molecule has 1 heterocycles. The van der Waals surface area contributed by atoms with Crippen LogP contribution in [0.5, 0.6) is 0 Å². The Morgan fingerprint density at radius 3 is 2.73 bits per heavy atom. The quantitative estimate of drug-likeness (QED) is 0.785. The first-order valence-corrected chi connectivity index (χ1v) is 5.82. The van der Waals surface area contributed by atoms with Crippen molar-refractivity contribution in [1.82, 2.24) is 4.90 Å². The van der Waals surface area contributed by atoms with Crippen molar-refractivity contribution in [2.24, 2.45) is 11.7 Å². The number of hydrogen-bond acceptors (Lipinski definition) is 2. The SMILES string of the molecule is Cl.NCCC(=O)N1CC2CCCCCC21. The molecule has 2 N–H and O–H groups in total. The van der Waals surface area contributed by atoms with Gasteiger partial charge in [0.15, 0.2) is 0 Å². The number of halogens is 1.